The van der Waals surface area contributed by atoms with Crippen LogP contribution in [0.3, 0.4) is 0 Å². The maximum Gasteiger partial charge on any atom is 0.144 e. The molecule has 0 saturated carbocycles. The lowest BCUT2D eigenvalue weighted by atomic mass is 10.0. The number of benzene rings is 1. The Morgan fingerprint density at radius 2 is 1.88 bits per heavy atom. The molecule has 0 aliphatic carbocycles. The zero-order chi connectivity index (χ0) is 17.3. The van der Waals surface area contributed by atoms with Gasteiger partial charge in [0.1, 0.15) is 24.1 Å². The van der Waals surface area contributed by atoms with Crippen molar-refractivity contribution < 1.29 is 9.47 Å². The van der Waals surface area contributed by atoms with E-state index < -0.39 is 0 Å². The fraction of sp³-hybridized carbons (Fsp3) is 0.474. The Bertz CT molecular complexity index is 736. The lowest BCUT2D eigenvalue weighted by Crippen LogP contribution is -2.30. The van der Waals surface area contributed by atoms with E-state index in [1.54, 1.807) is 7.11 Å². The standard InChI is InChI=1S/C19H25N3O2/c1-6-7-17-16-10-24-11-22(19(16)21-14(4)20-17)18-12(2)8-15(23-5)9-13(18)3/h8-9H,6-7,10-11H2,1-5H3. The number of fused-ring (bicyclic) bond motifs is 1. The van der Waals surface area contributed by atoms with Gasteiger partial charge in [-0.3, -0.25) is 0 Å². The van der Waals surface area contributed by atoms with Crippen molar-refractivity contribution in [2.24, 2.45) is 0 Å². The van der Waals surface area contributed by atoms with Crippen molar-refractivity contribution in [3.63, 3.8) is 0 Å². The van der Waals surface area contributed by atoms with Crippen LogP contribution in [0.2, 0.25) is 0 Å². The van der Waals surface area contributed by atoms with Crippen LogP contribution in [0.4, 0.5) is 11.5 Å². The molecule has 5 heteroatoms. The van der Waals surface area contributed by atoms with Gasteiger partial charge in [0.05, 0.1) is 25.1 Å². The van der Waals surface area contributed by atoms with Gasteiger partial charge in [-0.2, -0.15) is 0 Å². The van der Waals surface area contributed by atoms with E-state index in [2.05, 4.69) is 42.8 Å². The molecule has 1 aromatic heterocycles. The van der Waals surface area contributed by atoms with Crippen molar-refractivity contribution in [3.8, 4) is 5.75 Å². The second-order valence-corrected chi connectivity index (χ2v) is 6.29. The Morgan fingerprint density at radius 1 is 1.17 bits per heavy atom. The maximum absolute atomic E-state index is 5.87. The first-order chi connectivity index (χ1) is 11.5. The molecule has 0 saturated heterocycles. The van der Waals surface area contributed by atoms with Gasteiger partial charge in [0.2, 0.25) is 0 Å². The Morgan fingerprint density at radius 3 is 2.50 bits per heavy atom. The third-order valence-electron chi connectivity index (χ3n) is 4.36. The number of aryl methyl sites for hydroxylation is 4. The van der Waals surface area contributed by atoms with E-state index in [4.69, 9.17) is 14.5 Å². The van der Waals surface area contributed by atoms with E-state index in [0.29, 0.717) is 13.3 Å². The van der Waals surface area contributed by atoms with Gasteiger partial charge in [-0.25, -0.2) is 9.97 Å². The number of nitrogens with zero attached hydrogens (tertiary/aromatic N) is 3. The Labute approximate surface area is 143 Å². The number of hydrogen-bond donors (Lipinski definition) is 0. The average Bonchev–Trinajstić information content (AvgIpc) is 2.54. The number of methoxy groups -OCH3 is 1. The van der Waals surface area contributed by atoms with Crippen molar-refractivity contribution in [1.29, 1.82) is 0 Å². The lowest BCUT2D eigenvalue weighted by Gasteiger charge is -2.33. The van der Waals surface area contributed by atoms with E-state index in [9.17, 15) is 0 Å². The summed E-state index contributed by atoms with van der Waals surface area (Å²) in [6, 6.07) is 4.11. The molecule has 24 heavy (non-hydrogen) atoms. The van der Waals surface area contributed by atoms with Crippen LogP contribution < -0.4 is 9.64 Å². The third kappa shape index (κ3) is 2.96. The van der Waals surface area contributed by atoms with Gasteiger partial charge < -0.3 is 14.4 Å². The van der Waals surface area contributed by atoms with Crippen molar-refractivity contribution in [2.75, 3.05) is 18.7 Å². The SMILES string of the molecule is CCCc1nc(C)nc2c1COCN2c1c(C)cc(OC)cc1C. The summed E-state index contributed by atoms with van der Waals surface area (Å²) in [6.45, 7) is 9.41. The van der Waals surface area contributed by atoms with Gasteiger partial charge in [0, 0.05) is 5.56 Å². The molecule has 2 aromatic rings. The first-order valence-corrected chi connectivity index (χ1v) is 8.42. The summed E-state index contributed by atoms with van der Waals surface area (Å²) in [4.78, 5) is 11.5. The summed E-state index contributed by atoms with van der Waals surface area (Å²) >= 11 is 0. The van der Waals surface area contributed by atoms with Crippen LogP contribution in [-0.2, 0) is 17.8 Å². The molecule has 1 aliphatic rings. The smallest absolute Gasteiger partial charge is 0.144 e. The topological polar surface area (TPSA) is 47.5 Å². The molecule has 2 heterocycles. The van der Waals surface area contributed by atoms with Gasteiger partial charge in [-0.15, -0.1) is 0 Å². The fourth-order valence-corrected chi connectivity index (χ4v) is 3.38. The zero-order valence-electron chi connectivity index (χ0n) is 15.1. The van der Waals surface area contributed by atoms with Crippen molar-refractivity contribution in [3.05, 3.63) is 40.3 Å². The van der Waals surface area contributed by atoms with Crippen LogP contribution in [0.25, 0.3) is 0 Å². The molecule has 0 unspecified atom stereocenters. The minimum absolute atomic E-state index is 0.503. The molecule has 0 radical (unpaired) electrons. The average molecular weight is 327 g/mol. The fourth-order valence-electron chi connectivity index (χ4n) is 3.38. The molecule has 0 amide bonds. The van der Waals surface area contributed by atoms with Crippen LogP contribution in [0.1, 0.15) is 41.6 Å². The lowest BCUT2D eigenvalue weighted by molar-refractivity contribution is 0.115. The van der Waals surface area contributed by atoms with Crippen LogP contribution in [0.15, 0.2) is 12.1 Å². The highest BCUT2D eigenvalue weighted by Crippen LogP contribution is 2.38. The number of anilines is 2. The highest BCUT2D eigenvalue weighted by Gasteiger charge is 2.26. The van der Waals surface area contributed by atoms with Crippen molar-refractivity contribution >= 4 is 11.5 Å². The Balaban J connectivity index is 2.14. The molecular formula is C19H25N3O2. The molecule has 0 N–H and O–H groups in total. The Kier molecular flexibility index (Phi) is 4.71. The summed E-state index contributed by atoms with van der Waals surface area (Å²) in [5.41, 5.74) is 5.65. The van der Waals surface area contributed by atoms with Crippen LogP contribution in [0.5, 0.6) is 5.75 Å². The van der Waals surface area contributed by atoms with Crippen LogP contribution in [0, 0.1) is 20.8 Å². The van der Waals surface area contributed by atoms with Crippen molar-refractivity contribution in [2.45, 2.75) is 47.1 Å². The minimum Gasteiger partial charge on any atom is -0.497 e. The first-order valence-electron chi connectivity index (χ1n) is 8.42. The molecule has 3 rings (SSSR count). The van der Waals surface area contributed by atoms with E-state index >= 15 is 0 Å². The first kappa shape index (κ1) is 16.7. The molecule has 0 bridgehead atoms. The number of hydrogen-bond acceptors (Lipinski definition) is 5. The van der Waals surface area contributed by atoms with E-state index in [1.807, 2.05) is 6.92 Å². The Hall–Kier alpha value is -2.14. The van der Waals surface area contributed by atoms with Crippen LogP contribution in [-0.4, -0.2) is 23.8 Å². The van der Waals surface area contributed by atoms with Crippen LogP contribution >= 0.6 is 0 Å². The normalized spacial score (nSPS) is 13.8. The summed E-state index contributed by atoms with van der Waals surface area (Å²) < 4.78 is 11.3. The summed E-state index contributed by atoms with van der Waals surface area (Å²) in [5, 5.41) is 0. The summed E-state index contributed by atoms with van der Waals surface area (Å²) in [7, 11) is 1.70. The van der Waals surface area contributed by atoms with Gasteiger partial charge in [-0.05, 0) is 50.5 Å². The molecule has 1 aliphatic heterocycles. The molecule has 0 atom stereocenters. The second-order valence-electron chi connectivity index (χ2n) is 6.29. The minimum atomic E-state index is 0.503. The largest absolute Gasteiger partial charge is 0.497 e. The maximum atomic E-state index is 5.87. The van der Waals surface area contributed by atoms with Gasteiger partial charge >= 0.3 is 0 Å². The predicted molar refractivity (Wildman–Crippen MR) is 95.0 cm³/mol. The molecule has 5 nitrogen and oxygen atoms in total. The van der Waals surface area contributed by atoms with E-state index in [-0.39, 0.29) is 0 Å². The number of aromatic nitrogens is 2. The second kappa shape index (κ2) is 6.77. The van der Waals surface area contributed by atoms with E-state index in [1.165, 1.54) is 0 Å². The monoisotopic (exact) mass is 327 g/mol. The molecule has 1 aromatic carbocycles. The number of rotatable bonds is 4. The molecule has 128 valence electrons. The van der Waals surface area contributed by atoms with Gasteiger partial charge in [0.25, 0.3) is 0 Å². The molecule has 0 fully saturated rings. The third-order valence-corrected chi connectivity index (χ3v) is 4.36. The summed E-state index contributed by atoms with van der Waals surface area (Å²) in [6.07, 6.45) is 2.01. The molecular weight excluding hydrogens is 302 g/mol. The van der Waals surface area contributed by atoms with Crippen molar-refractivity contribution in [1.82, 2.24) is 9.97 Å². The highest BCUT2D eigenvalue weighted by atomic mass is 16.5. The van der Waals surface area contributed by atoms with Gasteiger partial charge in [-0.1, -0.05) is 13.3 Å². The highest BCUT2D eigenvalue weighted by molar-refractivity contribution is 5.71. The predicted octanol–water partition coefficient (Wildman–Crippen LogP) is 3.99. The quantitative estimate of drug-likeness (QED) is 0.850. The zero-order valence-corrected chi connectivity index (χ0v) is 15.1. The number of ether oxygens (including phenoxy) is 2. The van der Waals surface area contributed by atoms with Gasteiger partial charge in [0.15, 0.2) is 0 Å². The summed E-state index contributed by atoms with van der Waals surface area (Å²) in [5.74, 6) is 2.67. The van der Waals surface area contributed by atoms with E-state index in [0.717, 1.165) is 58.3 Å². The molecule has 0 spiro atoms.